The maximum atomic E-state index is 13.6. The van der Waals surface area contributed by atoms with Crippen LogP contribution in [0.25, 0.3) is 0 Å². The van der Waals surface area contributed by atoms with Gasteiger partial charge in [0.05, 0.1) is 10.6 Å². The van der Waals surface area contributed by atoms with E-state index in [1.165, 1.54) is 17.7 Å². The van der Waals surface area contributed by atoms with E-state index in [1.807, 2.05) is 24.4 Å². The van der Waals surface area contributed by atoms with Gasteiger partial charge >= 0.3 is 5.69 Å². The van der Waals surface area contributed by atoms with Gasteiger partial charge in [0.15, 0.2) is 0 Å². The average Bonchev–Trinajstić information content (AvgIpc) is 2.94. The molecule has 4 nitrogen and oxygen atoms in total. The largest absolute Gasteiger partial charge is 0.305 e. The van der Waals surface area contributed by atoms with Gasteiger partial charge in [-0.2, -0.15) is 4.39 Å². The Hall–Kier alpha value is -2.56. The molecule has 2 unspecified atom stereocenters. The predicted molar refractivity (Wildman–Crippen MR) is 90.5 cm³/mol. The van der Waals surface area contributed by atoms with E-state index in [4.69, 9.17) is 0 Å². The van der Waals surface area contributed by atoms with Gasteiger partial charge in [0.1, 0.15) is 0 Å². The summed E-state index contributed by atoms with van der Waals surface area (Å²) in [6.07, 6.45) is 5.92. The molecule has 2 aromatic rings. The Labute approximate surface area is 139 Å². The van der Waals surface area contributed by atoms with Crippen molar-refractivity contribution in [2.45, 2.75) is 37.0 Å². The van der Waals surface area contributed by atoms with Gasteiger partial charge in [0, 0.05) is 17.7 Å². The summed E-state index contributed by atoms with van der Waals surface area (Å²) in [7, 11) is 0. The topological polar surface area (TPSA) is 55.5 Å². The van der Waals surface area contributed by atoms with Crippen LogP contribution in [-0.2, 0) is 5.41 Å². The van der Waals surface area contributed by atoms with E-state index in [2.05, 4.69) is 11.1 Å². The normalized spacial score (nSPS) is 25.0. The number of hydrogen-bond acceptors (Lipinski definition) is 3. The lowest BCUT2D eigenvalue weighted by atomic mass is 9.65. The average molecular weight is 324 g/mol. The van der Waals surface area contributed by atoms with Crippen molar-refractivity contribution in [1.82, 2.24) is 0 Å². The Morgan fingerprint density at radius 3 is 2.92 bits per heavy atom. The van der Waals surface area contributed by atoms with Gasteiger partial charge in [-0.05, 0) is 48.4 Å². The number of nitro benzene ring substituents is 1. The Kier molecular flexibility index (Phi) is 3.44. The molecule has 1 spiro atoms. The quantitative estimate of drug-likeness (QED) is 0.573. The van der Waals surface area contributed by atoms with E-state index in [0.29, 0.717) is 0 Å². The SMILES string of the molecule is O=[N+]([O-])c1cc(C2CCCC3(C=Nc4ccccc43)C2)ccc1F. The lowest BCUT2D eigenvalue weighted by Gasteiger charge is -2.37. The molecule has 0 N–H and O–H groups in total. The van der Waals surface area contributed by atoms with Crippen LogP contribution in [0.5, 0.6) is 0 Å². The molecule has 0 saturated heterocycles. The van der Waals surface area contributed by atoms with Crippen molar-refractivity contribution in [2.75, 3.05) is 0 Å². The van der Waals surface area contributed by atoms with E-state index < -0.39 is 16.4 Å². The minimum absolute atomic E-state index is 0.0946. The fourth-order valence-electron chi connectivity index (χ4n) is 4.15. The van der Waals surface area contributed by atoms with E-state index in [-0.39, 0.29) is 11.3 Å². The predicted octanol–water partition coefficient (Wildman–Crippen LogP) is 5.05. The second-order valence-electron chi connectivity index (χ2n) is 6.69. The highest BCUT2D eigenvalue weighted by atomic mass is 19.1. The lowest BCUT2D eigenvalue weighted by Crippen LogP contribution is -2.32. The van der Waals surface area contributed by atoms with Crippen molar-refractivity contribution in [3.8, 4) is 0 Å². The Morgan fingerprint density at radius 1 is 1.25 bits per heavy atom. The van der Waals surface area contributed by atoms with E-state index >= 15 is 0 Å². The number of benzene rings is 2. The number of nitro groups is 1. The highest BCUT2D eigenvalue weighted by Gasteiger charge is 2.41. The Balaban J connectivity index is 1.69. The Morgan fingerprint density at radius 2 is 2.08 bits per heavy atom. The molecule has 1 heterocycles. The Bertz CT molecular complexity index is 849. The molecule has 2 aromatic carbocycles. The first-order valence-corrected chi connectivity index (χ1v) is 8.18. The van der Waals surface area contributed by atoms with Gasteiger partial charge in [-0.1, -0.05) is 30.7 Å². The third-order valence-electron chi connectivity index (χ3n) is 5.32. The first-order valence-electron chi connectivity index (χ1n) is 8.18. The summed E-state index contributed by atoms with van der Waals surface area (Å²) in [5.41, 5.74) is 2.57. The first kappa shape index (κ1) is 15.0. The molecule has 1 aliphatic heterocycles. The van der Waals surface area contributed by atoms with Crippen LogP contribution in [-0.4, -0.2) is 11.1 Å². The van der Waals surface area contributed by atoms with Gasteiger partial charge in [-0.25, -0.2) is 0 Å². The molecule has 0 radical (unpaired) electrons. The molecule has 2 atom stereocenters. The van der Waals surface area contributed by atoms with Crippen LogP contribution in [0.4, 0.5) is 15.8 Å². The van der Waals surface area contributed by atoms with Crippen LogP contribution >= 0.6 is 0 Å². The molecule has 0 aromatic heterocycles. The number of halogens is 1. The zero-order valence-electron chi connectivity index (χ0n) is 13.1. The van der Waals surface area contributed by atoms with Crippen molar-refractivity contribution < 1.29 is 9.31 Å². The summed E-state index contributed by atoms with van der Waals surface area (Å²) in [6, 6.07) is 12.5. The number of hydrogen-bond donors (Lipinski definition) is 0. The second-order valence-corrected chi connectivity index (χ2v) is 6.69. The summed E-state index contributed by atoms with van der Waals surface area (Å²) < 4.78 is 13.6. The van der Waals surface area contributed by atoms with Gasteiger partial charge in [-0.15, -0.1) is 0 Å². The lowest BCUT2D eigenvalue weighted by molar-refractivity contribution is -0.387. The maximum absolute atomic E-state index is 13.6. The third-order valence-corrected chi connectivity index (χ3v) is 5.32. The summed E-state index contributed by atoms with van der Waals surface area (Å²) in [4.78, 5) is 14.9. The summed E-state index contributed by atoms with van der Waals surface area (Å²) in [5, 5.41) is 11.0. The minimum atomic E-state index is -0.776. The molecular weight excluding hydrogens is 307 g/mol. The summed E-state index contributed by atoms with van der Waals surface area (Å²) in [6.45, 7) is 0. The van der Waals surface area contributed by atoms with Crippen molar-refractivity contribution >= 4 is 17.6 Å². The second kappa shape index (κ2) is 5.51. The van der Waals surface area contributed by atoms with Gasteiger partial charge in [-0.3, -0.25) is 15.1 Å². The molecule has 0 amide bonds. The number of para-hydroxylation sites is 1. The highest BCUT2D eigenvalue weighted by molar-refractivity contribution is 5.85. The molecule has 2 aliphatic rings. The van der Waals surface area contributed by atoms with Crippen molar-refractivity contribution in [3.05, 3.63) is 69.5 Å². The van der Waals surface area contributed by atoms with Crippen molar-refractivity contribution in [3.63, 3.8) is 0 Å². The molecular formula is C19H17FN2O2. The summed E-state index contributed by atoms with van der Waals surface area (Å²) >= 11 is 0. The number of fused-ring (bicyclic) bond motifs is 2. The number of rotatable bonds is 2. The third kappa shape index (κ3) is 2.31. The van der Waals surface area contributed by atoms with Crippen molar-refractivity contribution in [1.29, 1.82) is 0 Å². The molecule has 24 heavy (non-hydrogen) atoms. The monoisotopic (exact) mass is 324 g/mol. The molecule has 0 bridgehead atoms. The van der Waals surface area contributed by atoms with Crippen LogP contribution in [0.1, 0.15) is 42.7 Å². The fraction of sp³-hybridized carbons (Fsp3) is 0.316. The molecule has 1 saturated carbocycles. The zero-order chi connectivity index (χ0) is 16.7. The number of aliphatic imine (C=N–C) groups is 1. The van der Waals surface area contributed by atoms with Crippen LogP contribution in [0.2, 0.25) is 0 Å². The van der Waals surface area contributed by atoms with Gasteiger partial charge < -0.3 is 0 Å². The van der Waals surface area contributed by atoms with Crippen LogP contribution in [0, 0.1) is 15.9 Å². The highest BCUT2D eigenvalue weighted by Crippen LogP contribution is 2.50. The molecule has 4 rings (SSSR count). The van der Waals surface area contributed by atoms with Crippen LogP contribution < -0.4 is 0 Å². The summed E-state index contributed by atoms with van der Waals surface area (Å²) in [5.74, 6) is -0.599. The molecule has 5 heteroatoms. The number of nitrogens with zero attached hydrogens (tertiary/aromatic N) is 2. The fourth-order valence-corrected chi connectivity index (χ4v) is 4.15. The van der Waals surface area contributed by atoms with Crippen LogP contribution in [0.15, 0.2) is 47.5 Å². The molecule has 1 aliphatic carbocycles. The van der Waals surface area contributed by atoms with Crippen molar-refractivity contribution in [2.24, 2.45) is 4.99 Å². The standard InChI is InChI=1S/C19H17FN2O2/c20-16-8-7-13(10-18(16)22(23)24)14-4-3-9-19(11-14)12-21-17-6-2-1-5-15(17)19/h1-2,5-8,10,12,14H,3-4,9,11H2. The van der Waals surface area contributed by atoms with E-state index in [0.717, 1.165) is 36.9 Å². The smallest absolute Gasteiger partial charge is 0.260 e. The minimum Gasteiger partial charge on any atom is -0.260 e. The maximum Gasteiger partial charge on any atom is 0.305 e. The first-order chi connectivity index (χ1) is 11.6. The van der Waals surface area contributed by atoms with Crippen LogP contribution in [0.3, 0.4) is 0 Å². The zero-order valence-corrected chi connectivity index (χ0v) is 13.1. The van der Waals surface area contributed by atoms with E-state index in [9.17, 15) is 14.5 Å². The van der Waals surface area contributed by atoms with Gasteiger partial charge in [0.2, 0.25) is 5.82 Å². The van der Waals surface area contributed by atoms with E-state index in [1.54, 1.807) is 6.07 Å². The molecule has 122 valence electrons. The van der Waals surface area contributed by atoms with Gasteiger partial charge in [0.25, 0.3) is 0 Å². The molecule has 1 fully saturated rings.